The maximum Gasteiger partial charge on any atom is 0.213 e. The summed E-state index contributed by atoms with van der Waals surface area (Å²) in [7, 11) is 2.53. The number of aromatic nitrogens is 2. The zero-order chi connectivity index (χ0) is 19.6. The number of ether oxygens (including phenoxy) is 1. The fourth-order valence-electron chi connectivity index (χ4n) is 1.98. The number of carbonyl (C=O) groups excluding carboxylic acids is 2. The summed E-state index contributed by atoms with van der Waals surface area (Å²) in [5.74, 6) is 0.609. The fraction of sp³-hybridized carbons (Fsp3) is 0.400. The number of hydrogen-bond acceptors (Lipinski definition) is 6. The average molecular weight is 362 g/mol. The molecule has 0 unspecified atom stereocenters. The molecule has 0 bridgehead atoms. The van der Waals surface area contributed by atoms with Gasteiger partial charge in [-0.2, -0.15) is 0 Å². The van der Waals surface area contributed by atoms with Crippen molar-refractivity contribution in [1.29, 1.82) is 0 Å². The second kappa shape index (κ2) is 12.7. The van der Waals surface area contributed by atoms with Gasteiger partial charge in [0.05, 0.1) is 7.11 Å². The van der Waals surface area contributed by atoms with E-state index in [-0.39, 0.29) is 19.0 Å². The molecular formula is C20H30N2O4. The van der Waals surface area contributed by atoms with Crippen LogP contribution in [-0.2, 0) is 0 Å². The Labute approximate surface area is 156 Å². The lowest BCUT2D eigenvalue weighted by molar-refractivity contribution is 0.100. The van der Waals surface area contributed by atoms with Crippen LogP contribution in [0.2, 0.25) is 0 Å². The molecule has 0 saturated heterocycles. The maximum absolute atomic E-state index is 11.0. The number of rotatable bonds is 3. The molecule has 2 aromatic rings. The zero-order valence-electron chi connectivity index (χ0n) is 15.9. The van der Waals surface area contributed by atoms with Crippen LogP contribution >= 0.6 is 0 Å². The third-order valence-corrected chi connectivity index (χ3v) is 3.03. The first-order valence-electron chi connectivity index (χ1n) is 7.67. The average Bonchev–Trinajstić information content (AvgIpc) is 2.55. The van der Waals surface area contributed by atoms with E-state index in [1.807, 2.05) is 20.8 Å². The molecular weight excluding hydrogens is 332 g/mol. The molecule has 2 heterocycles. The molecule has 6 heteroatoms. The summed E-state index contributed by atoms with van der Waals surface area (Å²) in [6.45, 7) is 8.69. The normalized spacial score (nSPS) is 8.77. The number of ketones is 2. The lowest BCUT2D eigenvalue weighted by Crippen LogP contribution is -1.97. The molecule has 1 N–H and O–H groups in total. The molecule has 6 nitrogen and oxygen atoms in total. The van der Waals surface area contributed by atoms with Crippen molar-refractivity contribution in [1.82, 2.24) is 9.97 Å². The van der Waals surface area contributed by atoms with Crippen LogP contribution in [0.1, 0.15) is 59.1 Å². The third kappa shape index (κ3) is 9.03. The molecule has 0 aliphatic heterocycles. The monoisotopic (exact) mass is 362 g/mol. The van der Waals surface area contributed by atoms with E-state index in [9.17, 15) is 9.59 Å². The standard InChI is InChI=1S/C9H11NO2.C9H11NO.CH4O.CH4/c1-6-4-8(7(2)11)5-9(10-6)12-3;1-6-4-9(8(3)11)5-7(2)10-6;1-2;/h4-5H,1-3H3;4-5H,1-3H3;2H,1H3;1H4. The molecule has 0 aliphatic carbocycles. The van der Waals surface area contributed by atoms with Crippen LogP contribution in [0.4, 0.5) is 0 Å². The predicted octanol–water partition coefficient (Wildman–Crippen LogP) is 3.75. The molecule has 0 radical (unpaired) electrons. The van der Waals surface area contributed by atoms with Crippen molar-refractivity contribution in [3.8, 4) is 5.88 Å². The van der Waals surface area contributed by atoms with Crippen LogP contribution in [0, 0.1) is 20.8 Å². The second-order valence-electron chi connectivity index (χ2n) is 5.29. The first-order valence-corrected chi connectivity index (χ1v) is 7.67. The van der Waals surface area contributed by atoms with Gasteiger partial charge in [-0.15, -0.1) is 0 Å². The number of nitrogens with zero attached hydrogens (tertiary/aromatic N) is 2. The van der Waals surface area contributed by atoms with Gasteiger partial charge in [-0.25, -0.2) is 4.98 Å². The van der Waals surface area contributed by atoms with Gasteiger partial charge in [-0.1, -0.05) is 7.43 Å². The van der Waals surface area contributed by atoms with Crippen LogP contribution in [0.25, 0.3) is 0 Å². The summed E-state index contributed by atoms with van der Waals surface area (Å²) >= 11 is 0. The number of methoxy groups -OCH3 is 1. The molecule has 0 amide bonds. The van der Waals surface area contributed by atoms with Crippen LogP contribution in [0.5, 0.6) is 5.88 Å². The SMILES string of the molecule is C.CC(=O)c1cc(C)nc(C)c1.CO.COc1cc(C(C)=O)cc(C)n1. The molecule has 0 aliphatic rings. The van der Waals surface area contributed by atoms with E-state index in [2.05, 4.69) is 9.97 Å². The van der Waals surface area contributed by atoms with Gasteiger partial charge in [0.1, 0.15) is 0 Å². The Morgan fingerprint density at radius 2 is 1.15 bits per heavy atom. The molecule has 0 atom stereocenters. The van der Waals surface area contributed by atoms with Gasteiger partial charge in [0, 0.05) is 41.4 Å². The van der Waals surface area contributed by atoms with E-state index >= 15 is 0 Å². The molecule has 2 rings (SSSR count). The molecule has 0 aromatic carbocycles. The first kappa shape index (κ1) is 25.6. The van der Waals surface area contributed by atoms with Crippen molar-refractivity contribution in [2.45, 2.75) is 42.0 Å². The Bertz CT molecular complexity index is 707. The Hall–Kier alpha value is -2.60. The van der Waals surface area contributed by atoms with Crippen molar-refractivity contribution < 1.29 is 19.4 Å². The smallest absolute Gasteiger partial charge is 0.213 e. The van der Waals surface area contributed by atoms with E-state index in [1.54, 1.807) is 31.2 Å². The van der Waals surface area contributed by atoms with Gasteiger partial charge < -0.3 is 9.84 Å². The first-order chi connectivity index (χ1) is 11.7. The van der Waals surface area contributed by atoms with E-state index in [1.165, 1.54) is 14.0 Å². The fourth-order valence-corrected chi connectivity index (χ4v) is 1.98. The van der Waals surface area contributed by atoms with Crippen molar-refractivity contribution in [2.24, 2.45) is 0 Å². The number of pyridine rings is 2. The Morgan fingerprint density at radius 3 is 1.50 bits per heavy atom. The largest absolute Gasteiger partial charge is 0.481 e. The predicted molar refractivity (Wildman–Crippen MR) is 104 cm³/mol. The molecule has 0 saturated carbocycles. The van der Waals surface area contributed by atoms with Crippen LogP contribution in [0.15, 0.2) is 24.3 Å². The lowest BCUT2D eigenvalue weighted by atomic mass is 10.1. The summed E-state index contributed by atoms with van der Waals surface area (Å²) in [6, 6.07) is 6.98. The van der Waals surface area contributed by atoms with E-state index < -0.39 is 0 Å². The molecule has 0 spiro atoms. The quantitative estimate of drug-likeness (QED) is 0.837. The van der Waals surface area contributed by atoms with Gasteiger partial charge >= 0.3 is 0 Å². The number of carbonyl (C=O) groups is 2. The maximum atomic E-state index is 11.0. The highest BCUT2D eigenvalue weighted by atomic mass is 16.5. The van der Waals surface area contributed by atoms with Crippen molar-refractivity contribution >= 4 is 11.6 Å². The molecule has 144 valence electrons. The van der Waals surface area contributed by atoms with Crippen molar-refractivity contribution in [3.63, 3.8) is 0 Å². The van der Waals surface area contributed by atoms with Crippen LogP contribution in [-0.4, -0.2) is 40.9 Å². The number of aliphatic hydroxyl groups is 1. The van der Waals surface area contributed by atoms with Crippen molar-refractivity contribution in [3.05, 3.63) is 52.5 Å². The third-order valence-electron chi connectivity index (χ3n) is 3.03. The van der Waals surface area contributed by atoms with Crippen LogP contribution < -0.4 is 4.74 Å². The second-order valence-corrected chi connectivity index (χ2v) is 5.29. The highest BCUT2D eigenvalue weighted by molar-refractivity contribution is 5.94. The lowest BCUT2D eigenvalue weighted by Gasteiger charge is -2.02. The molecule has 0 fully saturated rings. The van der Waals surface area contributed by atoms with Gasteiger partial charge in [0.25, 0.3) is 0 Å². The number of aliphatic hydroxyl groups excluding tert-OH is 1. The topological polar surface area (TPSA) is 89.4 Å². The molecule has 26 heavy (non-hydrogen) atoms. The van der Waals surface area contributed by atoms with Gasteiger partial charge in [-0.05, 0) is 52.8 Å². The van der Waals surface area contributed by atoms with Gasteiger partial charge in [-0.3, -0.25) is 14.6 Å². The van der Waals surface area contributed by atoms with E-state index in [4.69, 9.17) is 9.84 Å². The van der Waals surface area contributed by atoms with Gasteiger partial charge in [0.2, 0.25) is 5.88 Å². The van der Waals surface area contributed by atoms with Gasteiger partial charge in [0.15, 0.2) is 11.6 Å². The van der Waals surface area contributed by atoms with E-state index in [0.717, 1.165) is 29.8 Å². The minimum Gasteiger partial charge on any atom is -0.481 e. The number of hydrogen-bond donors (Lipinski definition) is 1. The molecule has 2 aromatic heterocycles. The summed E-state index contributed by atoms with van der Waals surface area (Å²) in [5.41, 5.74) is 3.97. The Balaban J connectivity index is 0. The van der Waals surface area contributed by atoms with Crippen LogP contribution in [0.3, 0.4) is 0 Å². The zero-order valence-corrected chi connectivity index (χ0v) is 15.9. The van der Waals surface area contributed by atoms with Crippen molar-refractivity contribution in [2.75, 3.05) is 14.2 Å². The minimum absolute atomic E-state index is 0. The Morgan fingerprint density at radius 1 is 0.808 bits per heavy atom. The highest BCUT2D eigenvalue weighted by Crippen LogP contribution is 2.11. The number of Topliss-reactive ketones (excluding diaryl/α,β-unsaturated/α-hetero) is 2. The summed E-state index contributed by atoms with van der Waals surface area (Å²) in [6.07, 6.45) is 0. The highest BCUT2D eigenvalue weighted by Gasteiger charge is 2.03. The minimum atomic E-state index is 0. The summed E-state index contributed by atoms with van der Waals surface area (Å²) < 4.78 is 4.92. The Kier molecular flexibility index (Phi) is 12.5. The van der Waals surface area contributed by atoms with E-state index in [0.29, 0.717) is 11.4 Å². The summed E-state index contributed by atoms with van der Waals surface area (Å²) in [5, 5.41) is 7.00. The number of aryl methyl sites for hydroxylation is 3. The summed E-state index contributed by atoms with van der Waals surface area (Å²) in [4.78, 5) is 30.1.